The van der Waals surface area contributed by atoms with Crippen LogP contribution in [0.1, 0.15) is 44.9 Å². The summed E-state index contributed by atoms with van der Waals surface area (Å²) in [6.07, 6.45) is 12.5. The van der Waals surface area contributed by atoms with Gasteiger partial charge in [-0.05, 0) is 37.7 Å². The van der Waals surface area contributed by atoms with Crippen molar-refractivity contribution in [3.8, 4) is 0 Å². The van der Waals surface area contributed by atoms with Crippen molar-refractivity contribution in [3.05, 3.63) is 12.2 Å². The Kier molecular flexibility index (Phi) is 4.44. The first-order chi connectivity index (χ1) is 8.64. The zero-order chi connectivity index (χ0) is 13.0. The SMILES string of the molecule is CN(C)C(=O)/C=C/CCC1(C2CCCCC2)CO1. The number of allylic oxidation sites excluding steroid dienone is 1. The largest absolute Gasteiger partial charge is 0.369 e. The molecule has 1 saturated heterocycles. The smallest absolute Gasteiger partial charge is 0.245 e. The van der Waals surface area contributed by atoms with Gasteiger partial charge in [-0.2, -0.15) is 0 Å². The minimum atomic E-state index is 0.0680. The van der Waals surface area contributed by atoms with E-state index >= 15 is 0 Å². The minimum absolute atomic E-state index is 0.0680. The number of carbonyl (C=O) groups is 1. The number of rotatable bonds is 5. The lowest BCUT2D eigenvalue weighted by atomic mass is 9.78. The summed E-state index contributed by atoms with van der Waals surface area (Å²) >= 11 is 0. The van der Waals surface area contributed by atoms with Gasteiger partial charge in [-0.1, -0.05) is 25.3 Å². The van der Waals surface area contributed by atoms with Crippen LogP contribution >= 0.6 is 0 Å². The Labute approximate surface area is 110 Å². The summed E-state index contributed by atoms with van der Waals surface area (Å²) in [7, 11) is 3.56. The summed E-state index contributed by atoms with van der Waals surface area (Å²) in [5.41, 5.74) is 0.173. The molecule has 102 valence electrons. The van der Waals surface area contributed by atoms with Crippen LogP contribution in [0.5, 0.6) is 0 Å². The fourth-order valence-corrected chi connectivity index (χ4v) is 2.97. The van der Waals surface area contributed by atoms with Gasteiger partial charge in [-0.15, -0.1) is 0 Å². The van der Waals surface area contributed by atoms with Crippen LogP contribution in [0.4, 0.5) is 0 Å². The van der Waals surface area contributed by atoms with Crippen molar-refractivity contribution in [2.45, 2.75) is 50.5 Å². The van der Waals surface area contributed by atoms with Crippen molar-refractivity contribution >= 4 is 5.91 Å². The number of epoxide rings is 1. The molecule has 1 aliphatic carbocycles. The zero-order valence-corrected chi connectivity index (χ0v) is 11.7. The van der Waals surface area contributed by atoms with Crippen molar-refractivity contribution in [1.29, 1.82) is 0 Å². The third kappa shape index (κ3) is 3.35. The van der Waals surface area contributed by atoms with E-state index in [1.54, 1.807) is 25.1 Å². The minimum Gasteiger partial charge on any atom is -0.369 e. The molecule has 0 radical (unpaired) electrons. The van der Waals surface area contributed by atoms with Gasteiger partial charge in [-0.3, -0.25) is 4.79 Å². The van der Waals surface area contributed by atoms with Crippen molar-refractivity contribution in [1.82, 2.24) is 4.90 Å². The van der Waals surface area contributed by atoms with Gasteiger partial charge >= 0.3 is 0 Å². The van der Waals surface area contributed by atoms with E-state index in [4.69, 9.17) is 4.74 Å². The van der Waals surface area contributed by atoms with Gasteiger partial charge in [0.2, 0.25) is 5.91 Å². The van der Waals surface area contributed by atoms with E-state index in [0.29, 0.717) is 0 Å². The van der Waals surface area contributed by atoms with E-state index in [2.05, 4.69) is 0 Å². The average molecular weight is 251 g/mol. The van der Waals surface area contributed by atoms with Crippen molar-refractivity contribution < 1.29 is 9.53 Å². The summed E-state index contributed by atoms with van der Waals surface area (Å²) in [6.45, 7) is 0.938. The second kappa shape index (κ2) is 5.87. The summed E-state index contributed by atoms with van der Waals surface area (Å²) in [4.78, 5) is 13.0. The highest BCUT2D eigenvalue weighted by Gasteiger charge is 2.50. The highest BCUT2D eigenvalue weighted by Crippen LogP contribution is 2.46. The van der Waals surface area contributed by atoms with Gasteiger partial charge in [0.05, 0.1) is 12.2 Å². The number of ether oxygens (including phenoxy) is 1. The Bertz CT molecular complexity index is 312. The number of hydrogen-bond acceptors (Lipinski definition) is 2. The van der Waals surface area contributed by atoms with Gasteiger partial charge in [-0.25, -0.2) is 0 Å². The maximum atomic E-state index is 11.4. The fourth-order valence-electron chi connectivity index (χ4n) is 2.97. The Hall–Kier alpha value is -0.830. The molecule has 0 aromatic carbocycles. The molecule has 2 fully saturated rings. The number of amides is 1. The maximum absolute atomic E-state index is 11.4. The Morgan fingerprint density at radius 1 is 1.33 bits per heavy atom. The summed E-state index contributed by atoms with van der Waals surface area (Å²) in [6, 6.07) is 0. The first kappa shape index (κ1) is 13.6. The topological polar surface area (TPSA) is 32.8 Å². The molecule has 1 aliphatic heterocycles. The van der Waals surface area contributed by atoms with Gasteiger partial charge in [0.25, 0.3) is 0 Å². The summed E-state index contributed by atoms with van der Waals surface area (Å²) in [5, 5.41) is 0. The second-order valence-electron chi connectivity index (χ2n) is 5.86. The predicted molar refractivity (Wildman–Crippen MR) is 72.3 cm³/mol. The number of carbonyl (C=O) groups excluding carboxylic acids is 1. The zero-order valence-electron chi connectivity index (χ0n) is 11.7. The molecule has 0 bridgehead atoms. The fraction of sp³-hybridized carbons (Fsp3) is 0.800. The van der Waals surface area contributed by atoms with E-state index < -0.39 is 0 Å². The van der Waals surface area contributed by atoms with Crippen molar-refractivity contribution in [3.63, 3.8) is 0 Å². The first-order valence-corrected chi connectivity index (χ1v) is 7.16. The lowest BCUT2D eigenvalue weighted by Crippen LogP contribution is -2.26. The molecule has 1 unspecified atom stereocenters. The molecule has 3 nitrogen and oxygen atoms in total. The van der Waals surface area contributed by atoms with Gasteiger partial charge in [0.1, 0.15) is 0 Å². The molecule has 18 heavy (non-hydrogen) atoms. The van der Waals surface area contributed by atoms with Crippen LogP contribution in [0, 0.1) is 5.92 Å². The lowest BCUT2D eigenvalue weighted by molar-refractivity contribution is -0.123. The van der Waals surface area contributed by atoms with Crippen LogP contribution < -0.4 is 0 Å². The van der Waals surface area contributed by atoms with Crippen LogP contribution in [-0.4, -0.2) is 37.1 Å². The standard InChI is InChI=1S/C15H25NO2/c1-16(2)14(17)10-6-7-11-15(12-18-15)13-8-4-3-5-9-13/h6,10,13H,3-5,7-9,11-12H2,1-2H3/b10-6+. The van der Waals surface area contributed by atoms with Crippen LogP contribution in [0.2, 0.25) is 0 Å². The van der Waals surface area contributed by atoms with Gasteiger partial charge < -0.3 is 9.64 Å². The normalized spacial score (nSPS) is 28.6. The molecule has 0 aromatic heterocycles. The maximum Gasteiger partial charge on any atom is 0.245 e. The van der Waals surface area contributed by atoms with Gasteiger partial charge in [0.15, 0.2) is 0 Å². The van der Waals surface area contributed by atoms with E-state index in [1.165, 1.54) is 32.1 Å². The third-order valence-corrected chi connectivity index (χ3v) is 4.30. The molecule has 2 aliphatic rings. The molecule has 0 N–H and O–H groups in total. The Morgan fingerprint density at radius 2 is 2.00 bits per heavy atom. The number of nitrogens with zero attached hydrogens (tertiary/aromatic N) is 1. The Balaban J connectivity index is 1.74. The molecule has 1 atom stereocenters. The highest BCUT2D eigenvalue weighted by molar-refractivity contribution is 5.87. The molecule has 1 amide bonds. The molecule has 0 aromatic rings. The van der Waals surface area contributed by atoms with Crippen LogP contribution in [0.15, 0.2) is 12.2 Å². The highest BCUT2D eigenvalue weighted by atomic mass is 16.6. The van der Waals surface area contributed by atoms with E-state index in [9.17, 15) is 4.79 Å². The van der Waals surface area contributed by atoms with E-state index in [0.717, 1.165) is 25.4 Å². The molecule has 1 saturated carbocycles. The van der Waals surface area contributed by atoms with Crippen LogP contribution in [0.3, 0.4) is 0 Å². The quantitative estimate of drug-likeness (QED) is 0.556. The predicted octanol–water partition coefficient (Wildman–Crippen LogP) is 2.76. The van der Waals surface area contributed by atoms with Crippen LogP contribution in [0.25, 0.3) is 0 Å². The molecular formula is C15H25NO2. The molecule has 1 heterocycles. The van der Waals surface area contributed by atoms with Gasteiger partial charge in [0, 0.05) is 14.1 Å². The third-order valence-electron chi connectivity index (χ3n) is 4.30. The van der Waals surface area contributed by atoms with E-state index in [1.807, 2.05) is 6.08 Å². The van der Waals surface area contributed by atoms with Crippen molar-refractivity contribution in [2.75, 3.05) is 20.7 Å². The number of hydrogen-bond donors (Lipinski definition) is 0. The second-order valence-corrected chi connectivity index (χ2v) is 5.86. The lowest BCUT2D eigenvalue weighted by Gasteiger charge is -2.27. The monoisotopic (exact) mass is 251 g/mol. The Morgan fingerprint density at radius 3 is 2.56 bits per heavy atom. The molecule has 2 rings (SSSR count). The van der Waals surface area contributed by atoms with Crippen molar-refractivity contribution in [2.24, 2.45) is 5.92 Å². The summed E-state index contributed by atoms with van der Waals surface area (Å²) < 4.78 is 5.76. The molecule has 3 heteroatoms. The first-order valence-electron chi connectivity index (χ1n) is 7.16. The molecular weight excluding hydrogens is 226 g/mol. The number of likely N-dealkylation sites (N-methyl/N-ethyl adjacent to an activating group) is 1. The van der Waals surface area contributed by atoms with Crippen LogP contribution in [-0.2, 0) is 9.53 Å². The average Bonchev–Trinajstić information content (AvgIpc) is 3.16. The molecule has 0 spiro atoms. The van der Waals surface area contributed by atoms with E-state index in [-0.39, 0.29) is 11.5 Å². The summed E-state index contributed by atoms with van der Waals surface area (Å²) in [5.74, 6) is 0.836.